The van der Waals surface area contributed by atoms with E-state index in [1.165, 1.54) is 13.2 Å². The van der Waals surface area contributed by atoms with E-state index in [2.05, 4.69) is 4.74 Å². The van der Waals surface area contributed by atoms with Gasteiger partial charge < -0.3 is 10.5 Å². The molecule has 0 aliphatic carbocycles. The second kappa shape index (κ2) is 7.74. The van der Waals surface area contributed by atoms with Crippen molar-refractivity contribution < 1.29 is 14.3 Å². The number of esters is 1. The Kier molecular flexibility index (Phi) is 5.21. The molecular formula is C20H20N4O3. The van der Waals surface area contributed by atoms with E-state index in [1.807, 2.05) is 24.3 Å². The van der Waals surface area contributed by atoms with Gasteiger partial charge in [-0.05, 0) is 48.0 Å². The van der Waals surface area contributed by atoms with Crippen molar-refractivity contribution in [1.29, 1.82) is 5.41 Å². The highest BCUT2D eigenvalue weighted by atomic mass is 16.5. The van der Waals surface area contributed by atoms with Crippen molar-refractivity contribution in [3.8, 4) is 0 Å². The molecule has 1 saturated heterocycles. The molecule has 3 N–H and O–H groups in total. The van der Waals surface area contributed by atoms with Gasteiger partial charge in [-0.3, -0.25) is 15.2 Å². The zero-order chi connectivity index (χ0) is 19.4. The minimum atomic E-state index is -0.416. The van der Waals surface area contributed by atoms with Crippen molar-refractivity contribution >= 4 is 35.3 Å². The van der Waals surface area contributed by atoms with E-state index in [0.717, 1.165) is 16.9 Å². The summed E-state index contributed by atoms with van der Waals surface area (Å²) in [6.45, 7) is 1.15. The van der Waals surface area contributed by atoms with Crippen LogP contribution in [0.2, 0.25) is 0 Å². The van der Waals surface area contributed by atoms with Crippen LogP contribution in [-0.4, -0.2) is 38.0 Å². The van der Waals surface area contributed by atoms with Gasteiger partial charge in [0.15, 0.2) is 0 Å². The predicted octanol–water partition coefficient (Wildman–Crippen LogP) is 2.60. The van der Waals surface area contributed by atoms with Gasteiger partial charge in [0.2, 0.25) is 0 Å². The first-order valence-electron chi connectivity index (χ1n) is 8.39. The Morgan fingerprint density at radius 1 is 1.04 bits per heavy atom. The maximum absolute atomic E-state index is 12.8. The van der Waals surface area contributed by atoms with E-state index in [9.17, 15) is 9.59 Å². The Hall–Kier alpha value is -3.61. The first kappa shape index (κ1) is 18.2. The predicted molar refractivity (Wildman–Crippen MR) is 105 cm³/mol. The molecule has 0 bridgehead atoms. The van der Waals surface area contributed by atoms with Crippen LogP contribution in [0.3, 0.4) is 0 Å². The molecule has 2 aromatic rings. The zero-order valence-corrected chi connectivity index (χ0v) is 14.9. The molecule has 7 nitrogen and oxygen atoms in total. The fourth-order valence-electron chi connectivity index (χ4n) is 2.83. The Labute approximate surface area is 157 Å². The van der Waals surface area contributed by atoms with E-state index in [0.29, 0.717) is 18.7 Å². The summed E-state index contributed by atoms with van der Waals surface area (Å²) >= 11 is 0. The second-order valence-electron chi connectivity index (χ2n) is 5.99. The third-order valence-electron chi connectivity index (χ3n) is 4.32. The van der Waals surface area contributed by atoms with Crippen LogP contribution in [0.5, 0.6) is 0 Å². The number of urea groups is 1. The molecule has 2 aromatic carbocycles. The normalized spacial score (nSPS) is 14.0. The molecule has 1 aliphatic rings. The average molecular weight is 364 g/mol. The third kappa shape index (κ3) is 3.98. The first-order chi connectivity index (χ1) is 13.0. The topological polar surface area (TPSA) is 99.7 Å². The summed E-state index contributed by atoms with van der Waals surface area (Å²) in [7, 11) is 1.33. The average Bonchev–Trinajstić information content (AvgIpc) is 3.08. The van der Waals surface area contributed by atoms with Crippen LogP contribution >= 0.6 is 0 Å². The smallest absolute Gasteiger partial charge is 0.330 e. The molecule has 1 aliphatic heterocycles. The van der Waals surface area contributed by atoms with Crippen LogP contribution in [0, 0.1) is 5.41 Å². The molecule has 0 radical (unpaired) electrons. The van der Waals surface area contributed by atoms with Crippen LogP contribution in [0.25, 0.3) is 6.08 Å². The highest BCUT2D eigenvalue weighted by Crippen LogP contribution is 2.25. The number of amidine groups is 1. The number of nitrogens with zero attached hydrogens (tertiary/aromatic N) is 2. The summed E-state index contributed by atoms with van der Waals surface area (Å²) in [5, 5.41) is 7.44. The van der Waals surface area contributed by atoms with E-state index in [-0.39, 0.29) is 11.9 Å². The quantitative estimate of drug-likeness (QED) is 0.369. The number of hydrogen-bond acceptors (Lipinski definition) is 4. The van der Waals surface area contributed by atoms with Gasteiger partial charge >= 0.3 is 12.0 Å². The third-order valence-corrected chi connectivity index (χ3v) is 4.32. The number of anilines is 2. The number of nitrogens with two attached hydrogens (primary N) is 1. The molecule has 0 atom stereocenters. The van der Waals surface area contributed by atoms with Crippen molar-refractivity contribution in [1.82, 2.24) is 0 Å². The van der Waals surface area contributed by atoms with Gasteiger partial charge in [-0.2, -0.15) is 0 Å². The van der Waals surface area contributed by atoms with Crippen LogP contribution in [-0.2, 0) is 9.53 Å². The fourth-order valence-corrected chi connectivity index (χ4v) is 2.83. The van der Waals surface area contributed by atoms with Gasteiger partial charge in [-0.25, -0.2) is 9.59 Å². The lowest BCUT2D eigenvalue weighted by Crippen LogP contribution is -2.31. The van der Waals surface area contributed by atoms with Gasteiger partial charge in [0.25, 0.3) is 0 Å². The van der Waals surface area contributed by atoms with Gasteiger partial charge in [0.1, 0.15) is 5.84 Å². The van der Waals surface area contributed by atoms with Crippen molar-refractivity contribution in [3.05, 3.63) is 65.7 Å². The molecule has 27 heavy (non-hydrogen) atoms. The number of carbonyl (C=O) groups excluding carboxylic acids is 2. The molecule has 3 rings (SSSR count). The maximum atomic E-state index is 12.8. The van der Waals surface area contributed by atoms with E-state index in [1.54, 1.807) is 40.1 Å². The lowest BCUT2D eigenvalue weighted by Gasteiger charge is -2.19. The van der Waals surface area contributed by atoms with Crippen molar-refractivity contribution in [2.24, 2.45) is 5.73 Å². The van der Waals surface area contributed by atoms with E-state index < -0.39 is 5.97 Å². The number of nitrogen functional groups attached to an aromatic ring is 1. The number of rotatable bonds is 5. The number of benzene rings is 2. The Bertz CT molecular complexity index is 888. The van der Waals surface area contributed by atoms with Crippen LogP contribution in [0.1, 0.15) is 11.1 Å². The molecule has 0 unspecified atom stereocenters. The molecular weight excluding hydrogens is 344 g/mol. The molecule has 138 valence electrons. The minimum Gasteiger partial charge on any atom is -0.466 e. The van der Waals surface area contributed by atoms with Crippen LogP contribution in [0.15, 0.2) is 54.6 Å². The minimum absolute atomic E-state index is 0.00253. The van der Waals surface area contributed by atoms with Gasteiger partial charge in [0, 0.05) is 36.1 Å². The molecule has 7 heteroatoms. The maximum Gasteiger partial charge on any atom is 0.330 e. The van der Waals surface area contributed by atoms with Crippen molar-refractivity contribution in [2.45, 2.75) is 0 Å². The highest BCUT2D eigenvalue weighted by molar-refractivity contribution is 6.06. The summed E-state index contributed by atoms with van der Waals surface area (Å²) in [4.78, 5) is 27.3. The highest BCUT2D eigenvalue weighted by Gasteiger charge is 2.30. The Morgan fingerprint density at radius 3 is 2.04 bits per heavy atom. The molecule has 2 amide bonds. The monoisotopic (exact) mass is 364 g/mol. The first-order valence-corrected chi connectivity index (χ1v) is 8.39. The molecule has 0 spiro atoms. The molecule has 1 fully saturated rings. The number of hydrogen-bond donors (Lipinski definition) is 2. The molecule has 0 aromatic heterocycles. The van der Waals surface area contributed by atoms with E-state index in [4.69, 9.17) is 11.1 Å². The van der Waals surface area contributed by atoms with Crippen molar-refractivity contribution in [3.63, 3.8) is 0 Å². The Balaban J connectivity index is 1.72. The Morgan fingerprint density at radius 2 is 1.56 bits per heavy atom. The summed E-state index contributed by atoms with van der Waals surface area (Å²) in [6, 6.07) is 14.3. The number of amides is 2. The lowest BCUT2D eigenvalue weighted by atomic mass is 10.2. The van der Waals surface area contributed by atoms with Gasteiger partial charge in [-0.1, -0.05) is 12.1 Å². The summed E-state index contributed by atoms with van der Waals surface area (Å²) in [5.74, 6) is -0.419. The lowest BCUT2D eigenvalue weighted by molar-refractivity contribution is -0.134. The number of nitrogens with one attached hydrogen (secondary N) is 1. The fraction of sp³-hybridized carbons (Fsp3) is 0.150. The van der Waals surface area contributed by atoms with Gasteiger partial charge in [-0.15, -0.1) is 0 Å². The van der Waals surface area contributed by atoms with Gasteiger partial charge in [0.05, 0.1) is 7.11 Å². The summed E-state index contributed by atoms with van der Waals surface area (Å²) in [6.07, 6.45) is 3.01. The van der Waals surface area contributed by atoms with Crippen molar-refractivity contribution in [2.75, 3.05) is 30.0 Å². The zero-order valence-electron chi connectivity index (χ0n) is 14.9. The number of carbonyl (C=O) groups is 2. The van der Waals surface area contributed by atoms with Crippen LogP contribution in [0.4, 0.5) is 16.2 Å². The summed E-state index contributed by atoms with van der Waals surface area (Å²) < 4.78 is 4.56. The number of ether oxygens (including phenoxy) is 1. The SMILES string of the molecule is COC(=O)C=Cc1ccc(N2CCN(c3ccc(C(=N)N)cc3)C2=O)cc1. The summed E-state index contributed by atoms with van der Waals surface area (Å²) in [5.41, 5.74) is 8.49. The molecule has 0 saturated carbocycles. The second-order valence-corrected chi connectivity index (χ2v) is 5.99. The largest absolute Gasteiger partial charge is 0.466 e. The number of methoxy groups -OCH3 is 1. The van der Waals surface area contributed by atoms with E-state index >= 15 is 0 Å². The molecule has 1 heterocycles. The van der Waals surface area contributed by atoms with Crippen LogP contribution < -0.4 is 15.5 Å². The standard InChI is InChI=1S/C20H20N4O3/c1-27-18(25)11-4-14-2-7-16(8-3-14)23-12-13-24(20(23)26)17-9-5-15(6-10-17)19(21)22/h2-11H,12-13H2,1H3,(H3,21,22).